The van der Waals surface area contributed by atoms with Gasteiger partial charge >= 0.3 is 6.55 Å². The largest absolute Gasteiger partial charge is 0.333 e. The number of fused-ring (bicyclic) bond motifs is 1. The highest BCUT2D eigenvalue weighted by Gasteiger charge is 2.21. The third-order valence-corrected chi connectivity index (χ3v) is 3.47. The fourth-order valence-electron chi connectivity index (χ4n) is 2.42. The van der Waals surface area contributed by atoms with Crippen molar-refractivity contribution in [3.8, 4) is 17.3 Å². The first-order valence-corrected chi connectivity index (χ1v) is 6.80. The molecule has 0 aromatic carbocycles. The van der Waals surface area contributed by atoms with Crippen LogP contribution in [-0.2, 0) is 0 Å². The van der Waals surface area contributed by atoms with Crippen LogP contribution in [0.15, 0.2) is 23.4 Å². The van der Waals surface area contributed by atoms with E-state index < -0.39 is 6.55 Å². The Morgan fingerprint density at radius 1 is 1.39 bits per heavy atom. The van der Waals surface area contributed by atoms with Gasteiger partial charge in [0, 0.05) is 23.5 Å². The van der Waals surface area contributed by atoms with Crippen LogP contribution in [0, 0.1) is 11.3 Å². The lowest BCUT2D eigenvalue weighted by Crippen LogP contribution is -2.22. The second kappa shape index (κ2) is 5.31. The molecule has 3 rings (SSSR count). The molecule has 0 fully saturated rings. The summed E-state index contributed by atoms with van der Waals surface area (Å²) >= 11 is 0. The summed E-state index contributed by atoms with van der Waals surface area (Å²) in [6.07, 6.45) is 3.74. The Labute approximate surface area is 128 Å². The molecule has 0 bridgehead atoms. The predicted molar refractivity (Wildman–Crippen MR) is 77.1 cm³/mol. The lowest BCUT2D eigenvalue weighted by atomic mass is 10.00. The molecular weight excluding hydrogens is 306 g/mol. The van der Waals surface area contributed by atoms with Gasteiger partial charge in [-0.2, -0.15) is 19.1 Å². The van der Waals surface area contributed by atoms with Crippen molar-refractivity contribution in [2.45, 2.75) is 26.3 Å². The number of hydrogen-bond donors (Lipinski definition) is 1. The van der Waals surface area contributed by atoms with Gasteiger partial charge in [-0.3, -0.25) is 9.89 Å². The smallest absolute Gasteiger partial charge is 0.295 e. The molecule has 0 saturated carbocycles. The number of aromatic nitrogens is 5. The summed E-state index contributed by atoms with van der Waals surface area (Å²) in [7, 11) is 0. The summed E-state index contributed by atoms with van der Waals surface area (Å²) in [4.78, 5) is 17.0. The monoisotopic (exact) mass is 318 g/mol. The molecule has 3 aromatic heterocycles. The second-order valence-corrected chi connectivity index (χ2v) is 5.28. The van der Waals surface area contributed by atoms with Crippen molar-refractivity contribution >= 4 is 5.65 Å². The molecular formula is C14H12F2N6O. The summed E-state index contributed by atoms with van der Waals surface area (Å²) in [5.74, 6) is -0.189. The summed E-state index contributed by atoms with van der Waals surface area (Å²) in [5.41, 5.74) is 0.905. The summed E-state index contributed by atoms with van der Waals surface area (Å²) in [6, 6.07) is 1.93. The van der Waals surface area contributed by atoms with E-state index in [1.807, 2.05) is 6.07 Å². The average molecular weight is 318 g/mol. The predicted octanol–water partition coefficient (Wildman–Crippen LogP) is 2.28. The minimum absolute atomic E-state index is 0.154. The molecule has 0 radical (unpaired) electrons. The number of nitriles is 1. The highest BCUT2D eigenvalue weighted by Crippen LogP contribution is 2.26. The van der Waals surface area contributed by atoms with Crippen molar-refractivity contribution < 1.29 is 8.78 Å². The Balaban J connectivity index is 2.35. The normalized spacial score (nSPS) is 11.5. The van der Waals surface area contributed by atoms with Crippen LogP contribution >= 0.6 is 0 Å². The van der Waals surface area contributed by atoms with Crippen LogP contribution in [0.5, 0.6) is 0 Å². The highest BCUT2D eigenvalue weighted by atomic mass is 19.3. The van der Waals surface area contributed by atoms with Gasteiger partial charge in [-0.05, 0) is 5.92 Å². The molecule has 3 heterocycles. The molecule has 1 N–H and O–H groups in total. The molecule has 9 heteroatoms. The van der Waals surface area contributed by atoms with Gasteiger partial charge in [0.2, 0.25) is 0 Å². The molecule has 0 aliphatic carbocycles. The van der Waals surface area contributed by atoms with Gasteiger partial charge in [-0.15, -0.1) is 0 Å². The van der Waals surface area contributed by atoms with Crippen molar-refractivity contribution in [1.29, 1.82) is 5.26 Å². The first-order chi connectivity index (χ1) is 10.9. The highest BCUT2D eigenvalue weighted by molar-refractivity contribution is 5.67. The van der Waals surface area contributed by atoms with E-state index in [1.54, 1.807) is 13.8 Å². The van der Waals surface area contributed by atoms with E-state index in [9.17, 15) is 13.6 Å². The zero-order chi connectivity index (χ0) is 16.7. The van der Waals surface area contributed by atoms with E-state index >= 15 is 0 Å². The minimum Gasteiger partial charge on any atom is -0.295 e. The number of nitrogens with one attached hydrogen (secondary N) is 1. The Morgan fingerprint density at radius 2 is 2.13 bits per heavy atom. The zero-order valence-corrected chi connectivity index (χ0v) is 12.3. The second-order valence-electron chi connectivity index (χ2n) is 5.28. The van der Waals surface area contributed by atoms with Gasteiger partial charge in [-0.25, -0.2) is 14.2 Å². The molecule has 3 aromatic rings. The van der Waals surface area contributed by atoms with Crippen molar-refractivity contribution in [1.82, 2.24) is 24.4 Å². The SMILES string of the molecule is CC(C)c1c(-c2cnn(C(F)F)c2)nc2c(C#N)c[nH]n2c1=O. The Bertz CT molecular complexity index is 975. The van der Waals surface area contributed by atoms with Crippen LogP contribution in [-0.4, -0.2) is 24.4 Å². The number of hydrogen-bond acceptors (Lipinski definition) is 4. The standard InChI is InChI=1S/C14H12F2N6O/c1-7(2)10-11(9-5-18-21(6-9)14(15)16)20-12-8(3-17)4-19-22(12)13(10)23/h4-7,14,19H,1-2H3. The first-order valence-electron chi connectivity index (χ1n) is 6.80. The van der Waals surface area contributed by atoms with Crippen LogP contribution < -0.4 is 5.56 Å². The molecule has 0 spiro atoms. The summed E-state index contributed by atoms with van der Waals surface area (Å²) in [5, 5.41) is 15.4. The first kappa shape index (κ1) is 14.9. The number of halogens is 2. The molecule has 0 aliphatic heterocycles. The van der Waals surface area contributed by atoms with Crippen molar-refractivity contribution in [2.24, 2.45) is 0 Å². The number of rotatable bonds is 3. The van der Waals surface area contributed by atoms with Gasteiger partial charge in [-0.1, -0.05) is 13.8 Å². The molecule has 0 amide bonds. The maximum absolute atomic E-state index is 12.7. The van der Waals surface area contributed by atoms with Gasteiger partial charge in [0.05, 0.1) is 11.9 Å². The third-order valence-electron chi connectivity index (χ3n) is 3.47. The summed E-state index contributed by atoms with van der Waals surface area (Å²) in [6.45, 7) is 0.831. The lowest BCUT2D eigenvalue weighted by molar-refractivity contribution is 0.0566. The van der Waals surface area contributed by atoms with E-state index in [1.165, 1.54) is 16.9 Å². The molecule has 0 saturated heterocycles. The number of alkyl halides is 2. The Kier molecular flexibility index (Phi) is 3.44. The average Bonchev–Trinajstić information content (AvgIpc) is 3.13. The number of nitrogens with zero attached hydrogens (tertiary/aromatic N) is 5. The molecule has 0 aliphatic rings. The van der Waals surface area contributed by atoms with E-state index in [-0.39, 0.29) is 28.4 Å². The maximum Gasteiger partial charge on any atom is 0.333 e. The van der Waals surface area contributed by atoms with E-state index in [2.05, 4.69) is 15.2 Å². The van der Waals surface area contributed by atoms with Crippen molar-refractivity contribution in [3.05, 3.63) is 40.1 Å². The fourth-order valence-corrected chi connectivity index (χ4v) is 2.42. The van der Waals surface area contributed by atoms with Gasteiger partial charge < -0.3 is 0 Å². The zero-order valence-electron chi connectivity index (χ0n) is 12.3. The van der Waals surface area contributed by atoms with Crippen LogP contribution in [0.1, 0.15) is 37.4 Å². The van der Waals surface area contributed by atoms with E-state index in [0.717, 1.165) is 6.20 Å². The van der Waals surface area contributed by atoms with Crippen LogP contribution in [0.3, 0.4) is 0 Å². The topological polar surface area (TPSA) is 91.8 Å². The Hall–Kier alpha value is -3.02. The molecule has 7 nitrogen and oxygen atoms in total. The fraction of sp³-hybridized carbons (Fsp3) is 0.286. The van der Waals surface area contributed by atoms with Gasteiger partial charge in [0.25, 0.3) is 5.56 Å². The third kappa shape index (κ3) is 2.28. The Morgan fingerprint density at radius 3 is 2.70 bits per heavy atom. The molecule has 0 atom stereocenters. The maximum atomic E-state index is 12.7. The van der Waals surface area contributed by atoms with Crippen molar-refractivity contribution in [2.75, 3.05) is 0 Å². The van der Waals surface area contributed by atoms with Crippen LogP contribution in [0.2, 0.25) is 0 Å². The molecule has 118 valence electrons. The van der Waals surface area contributed by atoms with Gasteiger partial charge in [0.15, 0.2) is 5.65 Å². The quantitative estimate of drug-likeness (QED) is 0.802. The number of aromatic amines is 1. The number of H-pyrrole nitrogens is 1. The summed E-state index contributed by atoms with van der Waals surface area (Å²) < 4.78 is 27.1. The van der Waals surface area contributed by atoms with Crippen molar-refractivity contribution in [3.63, 3.8) is 0 Å². The minimum atomic E-state index is -2.78. The van der Waals surface area contributed by atoms with Crippen LogP contribution in [0.25, 0.3) is 16.9 Å². The molecule has 0 unspecified atom stereocenters. The van der Waals surface area contributed by atoms with Crippen LogP contribution in [0.4, 0.5) is 8.78 Å². The van der Waals surface area contributed by atoms with E-state index in [0.29, 0.717) is 15.8 Å². The van der Waals surface area contributed by atoms with Gasteiger partial charge in [0.1, 0.15) is 11.6 Å². The molecule has 23 heavy (non-hydrogen) atoms. The lowest BCUT2D eigenvalue weighted by Gasteiger charge is -2.10. The van der Waals surface area contributed by atoms with E-state index in [4.69, 9.17) is 5.26 Å².